The summed E-state index contributed by atoms with van der Waals surface area (Å²) in [4.78, 5) is 4.32. The fourth-order valence-corrected chi connectivity index (χ4v) is 2.29. The highest BCUT2D eigenvalue weighted by Gasteiger charge is 2.12. The lowest BCUT2D eigenvalue weighted by atomic mass is 10.1. The molecule has 2 aromatic rings. The Morgan fingerprint density at radius 2 is 2.10 bits per heavy atom. The summed E-state index contributed by atoms with van der Waals surface area (Å²) in [5, 5.41) is 7.66. The summed E-state index contributed by atoms with van der Waals surface area (Å²) in [7, 11) is 0. The molecule has 0 aliphatic heterocycles. The van der Waals surface area contributed by atoms with Crippen molar-refractivity contribution in [2.45, 2.75) is 39.2 Å². The summed E-state index contributed by atoms with van der Waals surface area (Å²) in [6.07, 6.45) is 0.642. The zero-order chi connectivity index (χ0) is 15.4. The summed E-state index contributed by atoms with van der Waals surface area (Å²) in [5.74, 6) is 1.26. The van der Waals surface area contributed by atoms with Crippen LogP contribution in [-0.2, 0) is 6.42 Å². The minimum Gasteiger partial charge on any atom is -0.339 e. The maximum Gasteiger partial charge on any atom is 0.227 e. The van der Waals surface area contributed by atoms with E-state index in [0.717, 1.165) is 11.4 Å². The van der Waals surface area contributed by atoms with E-state index < -0.39 is 0 Å². The van der Waals surface area contributed by atoms with Gasteiger partial charge in [-0.3, -0.25) is 0 Å². The third-order valence-corrected chi connectivity index (χ3v) is 3.55. The largest absolute Gasteiger partial charge is 0.339 e. The number of halogens is 2. The molecular weight excluding hydrogens is 293 g/mol. The van der Waals surface area contributed by atoms with Gasteiger partial charge in [0.15, 0.2) is 5.82 Å². The molecule has 0 aliphatic rings. The number of hydrogen-bond donors (Lipinski definition) is 1. The van der Waals surface area contributed by atoms with E-state index in [0.29, 0.717) is 23.9 Å². The Morgan fingerprint density at radius 1 is 1.33 bits per heavy atom. The number of aromatic nitrogens is 2. The number of nitrogens with one attached hydrogen (secondary N) is 1. The zero-order valence-electron chi connectivity index (χ0n) is 12.4. The van der Waals surface area contributed by atoms with Crippen LogP contribution in [0.3, 0.4) is 0 Å². The standard InChI is InChI=1S/C15H19ClFN3O/c1-9(2)15-19-14(21-20-15)6-7-18-10(3)12-5-4-11(17)8-13(12)16/h4-5,8-10,18H,6-7H2,1-3H3. The third kappa shape index (κ3) is 4.25. The summed E-state index contributed by atoms with van der Waals surface area (Å²) in [5.41, 5.74) is 0.867. The van der Waals surface area contributed by atoms with Gasteiger partial charge in [0, 0.05) is 29.9 Å². The molecule has 1 atom stereocenters. The van der Waals surface area contributed by atoms with Crippen LogP contribution in [0, 0.1) is 5.82 Å². The average Bonchev–Trinajstić information content (AvgIpc) is 2.87. The first-order valence-corrected chi connectivity index (χ1v) is 7.36. The first kappa shape index (κ1) is 15.9. The van der Waals surface area contributed by atoms with Crippen molar-refractivity contribution in [3.63, 3.8) is 0 Å². The van der Waals surface area contributed by atoms with Crippen molar-refractivity contribution < 1.29 is 8.91 Å². The second kappa shape index (κ2) is 7.00. The van der Waals surface area contributed by atoms with Crippen LogP contribution in [0.1, 0.15) is 50.0 Å². The predicted octanol–water partition coefficient (Wildman–Crippen LogP) is 3.88. The van der Waals surface area contributed by atoms with Crippen molar-refractivity contribution in [1.82, 2.24) is 15.5 Å². The van der Waals surface area contributed by atoms with E-state index in [1.165, 1.54) is 12.1 Å². The van der Waals surface area contributed by atoms with Gasteiger partial charge in [0.2, 0.25) is 5.89 Å². The lowest BCUT2D eigenvalue weighted by Crippen LogP contribution is -2.21. The summed E-state index contributed by atoms with van der Waals surface area (Å²) >= 11 is 6.04. The molecule has 0 aliphatic carbocycles. The molecule has 21 heavy (non-hydrogen) atoms. The van der Waals surface area contributed by atoms with Crippen LogP contribution in [0.4, 0.5) is 4.39 Å². The van der Waals surface area contributed by atoms with Crippen LogP contribution in [0.2, 0.25) is 5.02 Å². The lowest BCUT2D eigenvalue weighted by molar-refractivity contribution is 0.367. The maximum atomic E-state index is 13.0. The fourth-order valence-electron chi connectivity index (χ4n) is 1.96. The Kier molecular flexibility index (Phi) is 5.31. The number of rotatable bonds is 6. The van der Waals surface area contributed by atoms with Crippen LogP contribution < -0.4 is 5.32 Å². The van der Waals surface area contributed by atoms with E-state index in [2.05, 4.69) is 15.5 Å². The number of benzene rings is 1. The molecule has 1 aromatic heterocycles. The maximum absolute atomic E-state index is 13.0. The predicted molar refractivity (Wildman–Crippen MR) is 79.9 cm³/mol. The first-order valence-electron chi connectivity index (χ1n) is 6.98. The minimum absolute atomic E-state index is 0.0191. The van der Waals surface area contributed by atoms with Crippen LogP contribution in [0.5, 0.6) is 0 Å². The normalized spacial score (nSPS) is 12.9. The molecule has 0 saturated carbocycles. The van der Waals surface area contributed by atoms with E-state index in [1.807, 2.05) is 20.8 Å². The minimum atomic E-state index is -0.331. The highest BCUT2D eigenvalue weighted by molar-refractivity contribution is 6.31. The third-order valence-electron chi connectivity index (χ3n) is 3.22. The van der Waals surface area contributed by atoms with E-state index >= 15 is 0 Å². The molecule has 0 saturated heterocycles. The molecule has 1 N–H and O–H groups in total. The smallest absolute Gasteiger partial charge is 0.227 e. The van der Waals surface area contributed by atoms with E-state index in [1.54, 1.807) is 6.07 Å². The first-order chi connectivity index (χ1) is 9.97. The molecule has 0 bridgehead atoms. The van der Waals surface area contributed by atoms with Gasteiger partial charge in [-0.2, -0.15) is 4.98 Å². The molecule has 1 unspecified atom stereocenters. The van der Waals surface area contributed by atoms with Crippen molar-refractivity contribution in [3.05, 3.63) is 46.3 Å². The van der Waals surface area contributed by atoms with E-state index in [4.69, 9.17) is 16.1 Å². The molecule has 114 valence electrons. The highest BCUT2D eigenvalue weighted by Crippen LogP contribution is 2.23. The summed E-state index contributed by atoms with van der Waals surface area (Å²) in [6, 6.07) is 4.44. The second-order valence-corrected chi connectivity index (χ2v) is 5.70. The van der Waals surface area contributed by atoms with Gasteiger partial charge in [-0.05, 0) is 24.6 Å². The van der Waals surface area contributed by atoms with Gasteiger partial charge in [0.1, 0.15) is 5.82 Å². The van der Waals surface area contributed by atoms with Gasteiger partial charge in [-0.15, -0.1) is 0 Å². The molecular formula is C15H19ClFN3O. The quantitative estimate of drug-likeness (QED) is 0.879. The van der Waals surface area contributed by atoms with Crippen molar-refractivity contribution in [3.8, 4) is 0 Å². The lowest BCUT2D eigenvalue weighted by Gasteiger charge is -2.15. The van der Waals surface area contributed by atoms with E-state index in [9.17, 15) is 4.39 Å². The van der Waals surface area contributed by atoms with Crippen molar-refractivity contribution in [2.75, 3.05) is 6.54 Å². The molecule has 1 aromatic carbocycles. The van der Waals surface area contributed by atoms with Crippen molar-refractivity contribution >= 4 is 11.6 Å². The molecule has 1 heterocycles. The van der Waals surface area contributed by atoms with Gasteiger partial charge < -0.3 is 9.84 Å². The van der Waals surface area contributed by atoms with Gasteiger partial charge >= 0.3 is 0 Å². The van der Waals surface area contributed by atoms with Gasteiger partial charge in [-0.25, -0.2) is 4.39 Å². The Labute approximate surface area is 128 Å². The molecule has 4 nitrogen and oxygen atoms in total. The zero-order valence-corrected chi connectivity index (χ0v) is 13.1. The SMILES string of the molecule is CC(C)c1noc(CCNC(C)c2ccc(F)cc2Cl)n1. The topological polar surface area (TPSA) is 51.0 Å². The molecule has 0 radical (unpaired) electrons. The Morgan fingerprint density at radius 3 is 2.71 bits per heavy atom. The van der Waals surface area contributed by atoms with Gasteiger partial charge in [-0.1, -0.05) is 36.7 Å². The molecule has 0 amide bonds. The second-order valence-electron chi connectivity index (χ2n) is 5.29. The van der Waals surface area contributed by atoms with E-state index in [-0.39, 0.29) is 17.8 Å². The Bertz CT molecular complexity index is 600. The molecule has 0 spiro atoms. The number of nitrogens with zero attached hydrogens (tertiary/aromatic N) is 2. The Hall–Kier alpha value is -1.46. The van der Waals surface area contributed by atoms with Crippen LogP contribution >= 0.6 is 11.6 Å². The van der Waals surface area contributed by atoms with Crippen molar-refractivity contribution in [1.29, 1.82) is 0 Å². The molecule has 2 rings (SSSR count). The molecule has 0 fully saturated rings. The average molecular weight is 312 g/mol. The summed E-state index contributed by atoms with van der Waals surface area (Å²) in [6.45, 7) is 6.69. The number of hydrogen-bond acceptors (Lipinski definition) is 4. The monoisotopic (exact) mass is 311 g/mol. The van der Waals surface area contributed by atoms with Crippen LogP contribution in [-0.4, -0.2) is 16.7 Å². The summed E-state index contributed by atoms with van der Waals surface area (Å²) < 4.78 is 18.2. The highest BCUT2D eigenvalue weighted by atomic mass is 35.5. The molecule has 6 heteroatoms. The van der Waals surface area contributed by atoms with Gasteiger partial charge in [0.05, 0.1) is 0 Å². The van der Waals surface area contributed by atoms with Crippen LogP contribution in [0.25, 0.3) is 0 Å². The van der Waals surface area contributed by atoms with Crippen molar-refractivity contribution in [2.24, 2.45) is 0 Å². The Balaban J connectivity index is 1.87. The van der Waals surface area contributed by atoms with Crippen LogP contribution in [0.15, 0.2) is 22.7 Å². The van der Waals surface area contributed by atoms with Gasteiger partial charge in [0.25, 0.3) is 0 Å². The fraction of sp³-hybridized carbons (Fsp3) is 0.467.